The average molecular weight is 183 g/mol. The van der Waals surface area contributed by atoms with Crippen LogP contribution in [0.5, 0.6) is 0 Å². The Morgan fingerprint density at radius 2 is 2.08 bits per heavy atom. The molecule has 1 saturated heterocycles. The van der Waals surface area contributed by atoms with Crippen molar-refractivity contribution in [2.75, 3.05) is 13.2 Å². The molecule has 1 N–H and O–H groups in total. The van der Waals surface area contributed by atoms with Crippen LogP contribution in [0.2, 0.25) is 0 Å². The molecule has 2 fully saturated rings. The summed E-state index contributed by atoms with van der Waals surface area (Å²) in [7, 11) is 0. The van der Waals surface area contributed by atoms with E-state index in [1.165, 1.54) is 25.7 Å². The number of hydrogen-bond acceptors (Lipinski definition) is 2. The van der Waals surface area contributed by atoms with E-state index in [2.05, 4.69) is 19.2 Å². The summed E-state index contributed by atoms with van der Waals surface area (Å²) in [4.78, 5) is 0. The molecule has 2 unspecified atom stereocenters. The molecule has 1 heterocycles. The van der Waals surface area contributed by atoms with Crippen LogP contribution in [0, 0.1) is 5.41 Å². The van der Waals surface area contributed by atoms with Crippen molar-refractivity contribution in [2.45, 2.75) is 51.6 Å². The van der Waals surface area contributed by atoms with Crippen molar-refractivity contribution in [2.24, 2.45) is 5.41 Å². The molecule has 0 aromatic carbocycles. The van der Waals surface area contributed by atoms with Gasteiger partial charge in [0.15, 0.2) is 0 Å². The molecule has 2 heteroatoms. The first-order chi connectivity index (χ1) is 6.16. The smallest absolute Gasteiger partial charge is 0.0620 e. The van der Waals surface area contributed by atoms with E-state index in [1.807, 2.05) is 0 Å². The average Bonchev–Trinajstić information content (AvgIpc) is 2.61. The maximum atomic E-state index is 5.36. The predicted molar refractivity (Wildman–Crippen MR) is 53.8 cm³/mol. The highest BCUT2D eigenvalue weighted by molar-refractivity contribution is 4.88. The summed E-state index contributed by atoms with van der Waals surface area (Å²) in [5, 5.41) is 3.71. The summed E-state index contributed by atoms with van der Waals surface area (Å²) in [6, 6.07) is 1.39. The zero-order valence-electron chi connectivity index (χ0n) is 8.81. The summed E-state index contributed by atoms with van der Waals surface area (Å²) < 4.78 is 5.36. The quantitative estimate of drug-likeness (QED) is 0.706. The second kappa shape index (κ2) is 3.58. The third-order valence-electron chi connectivity index (χ3n) is 3.37. The number of nitrogens with one attached hydrogen (secondary N) is 1. The van der Waals surface area contributed by atoms with E-state index >= 15 is 0 Å². The molecule has 2 atom stereocenters. The van der Waals surface area contributed by atoms with Crippen LogP contribution in [0.15, 0.2) is 0 Å². The van der Waals surface area contributed by atoms with Gasteiger partial charge in [0, 0.05) is 18.7 Å². The van der Waals surface area contributed by atoms with Gasteiger partial charge in [-0.15, -0.1) is 0 Å². The SMILES string of the molecule is CC1(C)CCC(NC2CCOC2)C1. The van der Waals surface area contributed by atoms with Gasteiger partial charge in [0.2, 0.25) is 0 Å². The molecule has 0 bridgehead atoms. The predicted octanol–water partition coefficient (Wildman–Crippen LogP) is 1.94. The summed E-state index contributed by atoms with van der Waals surface area (Å²) >= 11 is 0. The number of hydrogen-bond donors (Lipinski definition) is 1. The van der Waals surface area contributed by atoms with E-state index in [-0.39, 0.29) is 0 Å². The van der Waals surface area contributed by atoms with Crippen LogP contribution >= 0.6 is 0 Å². The Labute approximate surface area is 81.0 Å². The zero-order chi connectivity index (χ0) is 9.31. The molecular weight excluding hydrogens is 162 g/mol. The lowest BCUT2D eigenvalue weighted by Crippen LogP contribution is -2.37. The van der Waals surface area contributed by atoms with Crippen molar-refractivity contribution < 1.29 is 4.74 Å². The summed E-state index contributed by atoms with van der Waals surface area (Å²) in [5.74, 6) is 0. The van der Waals surface area contributed by atoms with Gasteiger partial charge in [0.1, 0.15) is 0 Å². The van der Waals surface area contributed by atoms with Crippen LogP contribution < -0.4 is 5.32 Å². The van der Waals surface area contributed by atoms with E-state index < -0.39 is 0 Å². The minimum absolute atomic E-state index is 0.567. The molecular formula is C11H21NO. The van der Waals surface area contributed by atoms with Gasteiger partial charge in [0.05, 0.1) is 6.61 Å². The first kappa shape index (κ1) is 9.47. The lowest BCUT2D eigenvalue weighted by atomic mass is 9.92. The summed E-state index contributed by atoms with van der Waals surface area (Å²) in [6.45, 7) is 6.63. The highest BCUT2D eigenvalue weighted by Gasteiger charge is 2.32. The van der Waals surface area contributed by atoms with Crippen molar-refractivity contribution in [1.82, 2.24) is 5.32 Å². The van der Waals surface area contributed by atoms with Gasteiger partial charge >= 0.3 is 0 Å². The number of rotatable bonds is 2. The Morgan fingerprint density at radius 3 is 2.62 bits per heavy atom. The fourth-order valence-electron chi connectivity index (χ4n) is 2.58. The van der Waals surface area contributed by atoms with Crippen LogP contribution in [-0.4, -0.2) is 25.3 Å². The van der Waals surface area contributed by atoms with Gasteiger partial charge in [-0.05, 0) is 31.1 Å². The number of ether oxygens (including phenoxy) is 1. The Morgan fingerprint density at radius 1 is 1.23 bits per heavy atom. The maximum Gasteiger partial charge on any atom is 0.0620 e. The van der Waals surface area contributed by atoms with E-state index in [1.54, 1.807) is 0 Å². The molecule has 0 aromatic rings. The van der Waals surface area contributed by atoms with Crippen molar-refractivity contribution >= 4 is 0 Å². The third-order valence-corrected chi connectivity index (χ3v) is 3.37. The summed E-state index contributed by atoms with van der Waals surface area (Å²) in [5.41, 5.74) is 0.567. The largest absolute Gasteiger partial charge is 0.380 e. The highest BCUT2D eigenvalue weighted by Crippen LogP contribution is 2.37. The van der Waals surface area contributed by atoms with Gasteiger partial charge < -0.3 is 10.1 Å². The second-order valence-corrected chi connectivity index (χ2v) is 5.33. The first-order valence-corrected chi connectivity index (χ1v) is 5.49. The van der Waals surface area contributed by atoms with Gasteiger partial charge in [-0.1, -0.05) is 13.8 Å². The zero-order valence-corrected chi connectivity index (χ0v) is 8.81. The molecule has 1 aliphatic carbocycles. The van der Waals surface area contributed by atoms with Crippen LogP contribution in [-0.2, 0) is 4.74 Å². The minimum Gasteiger partial charge on any atom is -0.380 e. The lowest BCUT2D eigenvalue weighted by Gasteiger charge is -2.20. The standard InChI is InChI=1S/C11H21NO/c1-11(2)5-3-9(7-11)12-10-4-6-13-8-10/h9-10,12H,3-8H2,1-2H3. The normalized spacial score (nSPS) is 38.3. The second-order valence-electron chi connectivity index (χ2n) is 5.33. The van der Waals surface area contributed by atoms with Gasteiger partial charge in [-0.3, -0.25) is 0 Å². The lowest BCUT2D eigenvalue weighted by molar-refractivity contribution is 0.187. The van der Waals surface area contributed by atoms with Crippen LogP contribution in [0.25, 0.3) is 0 Å². The van der Waals surface area contributed by atoms with Crippen molar-refractivity contribution in [3.05, 3.63) is 0 Å². The van der Waals surface area contributed by atoms with E-state index in [0.717, 1.165) is 19.3 Å². The van der Waals surface area contributed by atoms with Crippen LogP contribution in [0.1, 0.15) is 39.5 Å². The molecule has 0 spiro atoms. The van der Waals surface area contributed by atoms with Crippen LogP contribution in [0.4, 0.5) is 0 Å². The third kappa shape index (κ3) is 2.44. The van der Waals surface area contributed by atoms with Crippen LogP contribution in [0.3, 0.4) is 0 Å². The summed E-state index contributed by atoms with van der Waals surface area (Å²) in [6.07, 6.45) is 5.27. The molecule has 0 radical (unpaired) electrons. The molecule has 13 heavy (non-hydrogen) atoms. The van der Waals surface area contributed by atoms with E-state index in [9.17, 15) is 0 Å². The molecule has 1 aliphatic heterocycles. The molecule has 0 amide bonds. The minimum atomic E-state index is 0.567. The monoisotopic (exact) mass is 183 g/mol. The Hall–Kier alpha value is -0.0800. The highest BCUT2D eigenvalue weighted by atomic mass is 16.5. The molecule has 2 rings (SSSR count). The molecule has 2 aliphatic rings. The van der Waals surface area contributed by atoms with E-state index in [0.29, 0.717) is 11.5 Å². The molecule has 76 valence electrons. The van der Waals surface area contributed by atoms with Crippen molar-refractivity contribution in [3.63, 3.8) is 0 Å². The Balaban J connectivity index is 1.77. The fraction of sp³-hybridized carbons (Fsp3) is 1.00. The Bertz CT molecular complexity index is 173. The van der Waals surface area contributed by atoms with Crippen molar-refractivity contribution in [1.29, 1.82) is 0 Å². The Kier molecular flexibility index (Phi) is 2.61. The molecule has 1 saturated carbocycles. The topological polar surface area (TPSA) is 21.3 Å². The fourth-order valence-corrected chi connectivity index (χ4v) is 2.58. The first-order valence-electron chi connectivity index (χ1n) is 5.49. The van der Waals surface area contributed by atoms with Crippen molar-refractivity contribution in [3.8, 4) is 0 Å². The maximum absolute atomic E-state index is 5.36. The molecule has 0 aromatic heterocycles. The van der Waals surface area contributed by atoms with Gasteiger partial charge in [-0.2, -0.15) is 0 Å². The van der Waals surface area contributed by atoms with Gasteiger partial charge in [-0.25, -0.2) is 0 Å². The van der Waals surface area contributed by atoms with Gasteiger partial charge in [0.25, 0.3) is 0 Å². The van der Waals surface area contributed by atoms with E-state index in [4.69, 9.17) is 4.74 Å². The molecule has 2 nitrogen and oxygen atoms in total.